The van der Waals surface area contributed by atoms with E-state index in [-0.39, 0.29) is 21.4 Å². The van der Waals surface area contributed by atoms with Gasteiger partial charge < -0.3 is 9.47 Å². The SMILES string of the molecule is COc1cc(S(=O)(=O)Nc2ccccc2C)c(OC)cc1Cl. The van der Waals surface area contributed by atoms with Crippen LogP contribution in [0, 0.1) is 6.92 Å². The molecule has 0 saturated heterocycles. The summed E-state index contributed by atoms with van der Waals surface area (Å²) in [5, 5.41) is 0.272. The highest BCUT2D eigenvalue weighted by Crippen LogP contribution is 2.36. The van der Waals surface area contributed by atoms with E-state index in [0.717, 1.165) is 5.56 Å². The van der Waals surface area contributed by atoms with Gasteiger partial charge in [-0.15, -0.1) is 0 Å². The van der Waals surface area contributed by atoms with Crippen LogP contribution in [0.25, 0.3) is 0 Å². The number of halogens is 1. The highest BCUT2D eigenvalue weighted by molar-refractivity contribution is 7.92. The molecule has 22 heavy (non-hydrogen) atoms. The Bertz CT molecular complexity index is 790. The number of anilines is 1. The van der Waals surface area contributed by atoms with Gasteiger partial charge in [-0.3, -0.25) is 4.72 Å². The predicted octanol–water partition coefficient (Wildman–Crippen LogP) is 3.47. The van der Waals surface area contributed by atoms with Gasteiger partial charge >= 0.3 is 0 Å². The van der Waals surface area contributed by atoms with Crippen molar-refractivity contribution < 1.29 is 17.9 Å². The molecule has 0 fully saturated rings. The number of hydrogen-bond acceptors (Lipinski definition) is 4. The summed E-state index contributed by atoms with van der Waals surface area (Å²) < 4.78 is 38.0. The Labute approximate surface area is 134 Å². The molecule has 0 saturated carbocycles. The molecule has 0 aliphatic rings. The molecule has 2 aromatic carbocycles. The Kier molecular flexibility index (Phi) is 4.83. The molecule has 0 radical (unpaired) electrons. The van der Waals surface area contributed by atoms with Crippen molar-refractivity contribution in [2.75, 3.05) is 18.9 Å². The topological polar surface area (TPSA) is 64.6 Å². The second kappa shape index (κ2) is 6.46. The van der Waals surface area contributed by atoms with Crippen molar-refractivity contribution in [2.45, 2.75) is 11.8 Å². The standard InChI is InChI=1S/C15H16ClNO4S/c1-10-6-4-5-7-12(10)17-22(18,19)15-9-13(20-2)11(16)8-14(15)21-3/h4-9,17H,1-3H3. The van der Waals surface area contributed by atoms with Gasteiger partial charge in [-0.25, -0.2) is 8.42 Å². The maximum Gasteiger partial charge on any atom is 0.265 e. The lowest BCUT2D eigenvalue weighted by atomic mass is 10.2. The quantitative estimate of drug-likeness (QED) is 0.904. The van der Waals surface area contributed by atoms with E-state index < -0.39 is 10.0 Å². The van der Waals surface area contributed by atoms with E-state index in [1.165, 1.54) is 26.4 Å². The Hall–Kier alpha value is -1.92. The number of nitrogens with one attached hydrogen (secondary N) is 1. The second-order valence-corrected chi connectivity index (χ2v) is 6.62. The summed E-state index contributed by atoms with van der Waals surface area (Å²) >= 11 is 6.00. The summed E-state index contributed by atoms with van der Waals surface area (Å²) in [6, 6.07) is 9.84. The summed E-state index contributed by atoms with van der Waals surface area (Å²) in [5.74, 6) is 0.402. The number of aryl methyl sites for hydroxylation is 1. The lowest BCUT2D eigenvalue weighted by molar-refractivity contribution is 0.392. The van der Waals surface area contributed by atoms with Crippen LogP contribution in [-0.2, 0) is 10.0 Å². The number of benzene rings is 2. The van der Waals surface area contributed by atoms with Crippen molar-refractivity contribution >= 4 is 27.3 Å². The first-order valence-corrected chi connectivity index (χ1v) is 8.25. The summed E-state index contributed by atoms with van der Waals surface area (Å²) in [6.07, 6.45) is 0. The van der Waals surface area contributed by atoms with Gasteiger partial charge in [-0.05, 0) is 18.6 Å². The Morgan fingerprint density at radius 1 is 1.05 bits per heavy atom. The maximum absolute atomic E-state index is 12.6. The first-order chi connectivity index (χ1) is 10.4. The lowest BCUT2D eigenvalue weighted by Crippen LogP contribution is -2.15. The van der Waals surface area contributed by atoms with E-state index in [1.54, 1.807) is 12.1 Å². The van der Waals surface area contributed by atoms with E-state index in [0.29, 0.717) is 5.69 Å². The smallest absolute Gasteiger partial charge is 0.265 e. The van der Waals surface area contributed by atoms with E-state index in [9.17, 15) is 8.42 Å². The molecule has 2 rings (SSSR count). The minimum Gasteiger partial charge on any atom is -0.495 e. The van der Waals surface area contributed by atoms with Crippen LogP contribution in [0.1, 0.15) is 5.56 Å². The minimum atomic E-state index is -3.84. The Morgan fingerprint density at radius 3 is 2.27 bits per heavy atom. The zero-order valence-corrected chi connectivity index (χ0v) is 14.0. The fraction of sp³-hybridized carbons (Fsp3) is 0.200. The maximum atomic E-state index is 12.6. The average Bonchev–Trinajstić information content (AvgIpc) is 2.48. The fourth-order valence-corrected chi connectivity index (χ4v) is 3.46. The van der Waals surface area contributed by atoms with Gasteiger partial charge in [0.25, 0.3) is 10.0 Å². The van der Waals surface area contributed by atoms with Gasteiger partial charge in [0.05, 0.1) is 24.9 Å². The Morgan fingerprint density at radius 2 is 1.68 bits per heavy atom. The van der Waals surface area contributed by atoms with Crippen molar-refractivity contribution in [3.05, 3.63) is 47.0 Å². The fourth-order valence-electron chi connectivity index (χ4n) is 1.93. The highest BCUT2D eigenvalue weighted by atomic mass is 35.5. The Balaban J connectivity index is 2.51. The first kappa shape index (κ1) is 16.5. The van der Waals surface area contributed by atoms with Crippen molar-refractivity contribution in [3.63, 3.8) is 0 Å². The molecule has 1 N–H and O–H groups in total. The van der Waals surface area contributed by atoms with Gasteiger partial charge in [0.2, 0.25) is 0 Å². The van der Waals surface area contributed by atoms with Crippen LogP contribution in [0.2, 0.25) is 5.02 Å². The van der Waals surface area contributed by atoms with Crippen molar-refractivity contribution in [1.29, 1.82) is 0 Å². The molecule has 0 heterocycles. The molecule has 0 amide bonds. The molecular weight excluding hydrogens is 326 g/mol. The monoisotopic (exact) mass is 341 g/mol. The molecule has 7 heteroatoms. The van der Waals surface area contributed by atoms with Gasteiger partial charge in [0.1, 0.15) is 16.4 Å². The largest absolute Gasteiger partial charge is 0.495 e. The zero-order chi connectivity index (χ0) is 16.3. The van der Waals surface area contributed by atoms with Crippen LogP contribution in [0.5, 0.6) is 11.5 Å². The van der Waals surface area contributed by atoms with Crippen LogP contribution in [-0.4, -0.2) is 22.6 Å². The molecule has 0 bridgehead atoms. The third-order valence-corrected chi connectivity index (χ3v) is 4.80. The molecule has 0 aliphatic heterocycles. The summed E-state index contributed by atoms with van der Waals surface area (Å²) in [7, 11) is -1.05. The normalized spacial score (nSPS) is 11.1. The summed E-state index contributed by atoms with van der Waals surface area (Å²) in [4.78, 5) is -0.0421. The third-order valence-electron chi connectivity index (χ3n) is 3.12. The molecule has 0 unspecified atom stereocenters. The van der Waals surface area contributed by atoms with Gasteiger partial charge in [-0.2, -0.15) is 0 Å². The van der Waals surface area contributed by atoms with Crippen LogP contribution < -0.4 is 14.2 Å². The molecule has 5 nitrogen and oxygen atoms in total. The number of ether oxygens (including phenoxy) is 2. The average molecular weight is 342 g/mol. The number of para-hydroxylation sites is 1. The predicted molar refractivity (Wildman–Crippen MR) is 86.5 cm³/mol. The highest BCUT2D eigenvalue weighted by Gasteiger charge is 2.23. The number of methoxy groups -OCH3 is 2. The van der Waals surface area contributed by atoms with Gasteiger partial charge in [-0.1, -0.05) is 29.8 Å². The van der Waals surface area contributed by atoms with Crippen molar-refractivity contribution in [3.8, 4) is 11.5 Å². The molecule has 0 spiro atoms. The number of hydrogen-bond donors (Lipinski definition) is 1. The van der Waals surface area contributed by atoms with E-state index in [4.69, 9.17) is 21.1 Å². The molecule has 0 aliphatic carbocycles. The third kappa shape index (κ3) is 3.28. The van der Waals surface area contributed by atoms with E-state index >= 15 is 0 Å². The lowest BCUT2D eigenvalue weighted by Gasteiger charge is -2.15. The molecule has 2 aromatic rings. The van der Waals surface area contributed by atoms with Crippen LogP contribution >= 0.6 is 11.6 Å². The minimum absolute atomic E-state index is 0.0421. The molecule has 0 aromatic heterocycles. The molecule has 118 valence electrons. The summed E-state index contributed by atoms with van der Waals surface area (Å²) in [5.41, 5.74) is 1.31. The van der Waals surface area contributed by atoms with Crippen molar-refractivity contribution in [1.82, 2.24) is 0 Å². The van der Waals surface area contributed by atoms with Crippen LogP contribution in [0.15, 0.2) is 41.3 Å². The van der Waals surface area contributed by atoms with Crippen molar-refractivity contribution in [2.24, 2.45) is 0 Å². The van der Waals surface area contributed by atoms with Crippen LogP contribution in [0.3, 0.4) is 0 Å². The first-order valence-electron chi connectivity index (χ1n) is 6.39. The molecular formula is C15H16ClNO4S. The van der Waals surface area contributed by atoms with Gasteiger partial charge in [0, 0.05) is 12.1 Å². The number of sulfonamides is 1. The van der Waals surface area contributed by atoms with Gasteiger partial charge in [0.15, 0.2) is 0 Å². The summed E-state index contributed by atoms with van der Waals surface area (Å²) in [6.45, 7) is 1.82. The molecule has 0 atom stereocenters. The number of rotatable bonds is 5. The second-order valence-electron chi connectivity index (χ2n) is 4.56. The van der Waals surface area contributed by atoms with E-state index in [2.05, 4.69) is 4.72 Å². The zero-order valence-electron chi connectivity index (χ0n) is 12.4. The van der Waals surface area contributed by atoms with E-state index in [1.807, 2.05) is 19.1 Å². The van der Waals surface area contributed by atoms with Crippen LogP contribution in [0.4, 0.5) is 5.69 Å².